The van der Waals surface area contributed by atoms with Crippen molar-refractivity contribution in [3.8, 4) is 6.07 Å². The van der Waals surface area contributed by atoms with E-state index in [1.165, 1.54) is 11.3 Å². The van der Waals surface area contributed by atoms with E-state index in [1.54, 1.807) is 11.8 Å². The molecule has 0 unspecified atom stereocenters. The van der Waals surface area contributed by atoms with Gasteiger partial charge in [-0.25, -0.2) is 0 Å². The molecule has 110 valence electrons. The zero-order valence-electron chi connectivity index (χ0n) is 11.9. The lowest BCUT2D eigenvalue weighted by molar-refractivity contribution is -0.129. The normalized spacial score (nSPS) is 17.6. The van der Waals surface area contributed by atoms with Gasteiger partial charge in [0.05, 0.1) is 12.1 Å². The summed E-state index contributed by atoms with van der Waals surface area (Å²) in [5.41, 5.74) is 1.59. The van der Waals surface area contributed by atoms with Crippen LogP contribution in [0.4, 0.5) is 5.00 Å². The van der Waals surface area contributed by atoms with Crippen molar-refractivity contribution >= 4 is 28.2 Å². The van der Waals surface area contributed by atoms with Crippen molar-refractivity contribution < 1.29 is 9.59 Å². The molecule has 2 aliphatic rings. The molecule has 1 aliphatic carbocycles. The van der Waals surface area contributed by atoms with Gasteiger partial charge in [-0.15, -0.1) is 11.3 Å². The fourth-order valence-corrected chi connectivity index (χ4v) is 3.98. The Morgan fingerprint density at radius 2 is 2.19 bits per heavy atom. The second kappa shape index (κ2) is 5.49. The number of nitrogens with one attached hydrogen (secondary N) is 1. The van der Waals surface area contributed by atoms with E-state index in [2.05, 4.69) is 11.4 Å². The molecular weight excluding hydrogens is 286 g/mol. The Hall–Kier alpha value is -1.87. The quantitative estimate of drug-likeness (QED) is 0.910. The number of nitrogens with zero attached hydrogens (tertiary/aromatic N) is 2. The monoisotopic (exact) mass is 303 g/mol. The average molecular weight is 303 g/mol. The number of hydrogen-bond donors (Lipinski definition) is 1. The van der Waals surface area contributed by atoms with Gasteiger partial charge in [-0.3, -0.25) is 9.59 Å². The highest BCUT2D eigenvalue weighted by molar-refractivity contribution is 7.16. The molecule has 0 atom stereocenters. The van der Waals surface area contributed by atoms with E-state index in [4.69, 9.17) is 0 Å². The van der Waals surface area contributed by atoms with Crippen LogP contribution in [0.5, 0.6) is 0 Å². The van der Waals surface area contributed by atoms with Gasteiger partial charge in [0.2, 0.25) is 11.8 Å². The lowest BCUT2D eigenvalue weighted by Gasteiger charge is -2.25. The summed E-state index contributed by atoms with van der Waals surface area (Å²) in [6.45, 7) is 2.75. The Morgan fingerprint density at radius 3 is 2.76 bits per heavy atom. The molecule has 6 heteroatoms. The van der Waals surface area contributed by atoms with Crippen molar-refractivity contribution in [3.05, 3.63) is 16.0 Å². The standard InChI is InChI=1S/C15H17N3O2S/c1-9(19)18-6-5-11-12(7-16)15(21-13(11)8-18)17-14(20)10-3-2-4-10/h10H,2-6,8H2,1H3,(H,17,20). The Balaban J connectivity index is 1.84. The van der Waals surface area contributed by atoms with Gasteiger partial charge < -0.3 is 10.2 Å². The summed E-state index contributed by atoms with van der Waals surface area (Å²) in [6, 6.07) is 2.22. The molecule has 1 aromatic rings. The predicted molar refractivity (Wildman–Crippen MR) is 79.8 cm³/mol. The SMILES string of the molecule is CC(=O)N1CCc2c(sc(NC(=O)C3CCC3)c2C#N)C1. The highest BCUT2D eigenvalue weighted by Crippen LogP contribution is 2.37. The van der Waals surface area contributed by atoms with E-state index in [9.17, 15) is 14.9 Å². The topological polar surface area (TPSA) is 73.2 Å². The van der Waals surface area contributed by atoms with E-state index in [0.29, 0.717) is 30.1 Å². The number of hydrogen-bond acceptors (Lipinski definition) is 4. The molecule has 0 spiro atoms. The molecule has 0 bridgehead atoms. The van der Waals surface area contributed by atoms with Crippen LogP contribution >= 0.6 is 11.3 Å². The second-order valence-corrected chi connectivity index (χ2v) is 6.73. The number of nitriles is 1. The molecule has 2 amide bonds. The molecule has 1 N–H and O–H groups in total. The van der Waals surface area contributed by atoms with Crippen LogP contribution in [0, 0.1) is 17.2 Å². The molecule has 1 saturated carbocycles. The van der Waals surface area contributed by atoms with Crippen molar-refractivity contribution in [3.63, 3.8) is 0 Å². The maximum atomic E-state index is 12.1. The van der Waals surface area contributed by atoms with E-state index in [0.717, 1.165) is 29.7 Å². The van der Waals surface area contributed by atoms with Crippen LogP contribution in [-0.2, 0) is 22.6 Å². The molecule has 3 rings (SSSR count). The van der Waals surface area contributed by atoms with Crippen LogP contribution in [0.15, 0.2) is 0 Å². The molecule has 1 fully saturated rings. The number of fused-ring (bicyclic) bond motifs is 1. The largest absolute Gasteiger partial charge is 0.337 e. The van der Waals surface area contributed by atoms with Crippen LogP contribution in [0.25, 0.3) is 0 Å². The van der Waals surface area contributed by atoms with Crippen molar-refractivity contribution in [1.82, 2.24) is 4.90 Å². The summed E-state index contributed by atoms with van der Waals surface area (Å²) in [4.78, 5) is 26.3. The Labute approximate surface area is 127 Å². The molecule has 0 aromatic carbocycles. The van der Waals surface area contributed by atoms with Crippen LogP contribution in [0.2, 0.25) is 0 Å². The molecule has 1 aliphatic heterocycles. The number of carbonyl (C=O) groups excluding carboxylic acids is 2. The fourth-order valence-electron chi connectivity index (χ4n) is 2.76. The van der Waals surface area contributed by atoms with Crippen LogP contribution in [0.3, 0.4) is 0 Å². The number of anilines is 1. The first-order chi connectivity index (χ1) is 10.1. The highest BCUT2D eigenvalue weighted by atomic mass is 32.1. The summed E-state index contributed by atoms with van der Waals surface area (Å²) < 4.78 is 0. The number of thiophene rings is 1. The van der Waals surface area contributed by atoms with E-state index in [-0.39, 0.29) is 17.7 Å². The van der Waals surface area contributed by atoms with Gasteiger partial charge in [-0.1, -0.05) is 6.42 Å². The lowest BCUT2D eigenvalue weighted by atomic mass is 9.85. The predicted octanol–water partition coefficient (Wildman–Crippen LogP) is 2.26. The van der Waals surface area contributed by atoms with Crippen molar-refractivity contribution in [2.24, 2.45) is 5.92 Å². The zero-order chi connectivity index (χ0) is 15.0. The third kappa shape index (κ3) is 2.54. The Morgan fingerprint density at radius 1 is 1.43 bits per heavy atom. The third-order valence-corrected chi connectivity index (χ3v) is 5.46. The van der Waals surface area contributed by atoms with Gasteiger partial charge in [0.15, 0.2) is 0 Å². The first-order valence-corrected chi connectivity index (χ1v) is 8.02. The molecule has 0 saturated heterocycles. The van der Waals surface area contributed by atoms with Crippen LogP contribution in [-0.4, -0.2) is 23.3 Å². The minimum absolute atomic E-state index is 0.0276. The molecule has 21 heavy (non-hydrogen) atoms. The third-order valence-electron chi connectivity index (χ3n) is 4.33. The lowest BCUT2D eigenvalue weighted by Crippen LogP contribution is -2.33. The molecule has 1 aromatic heterocycles. The van der Waals surface area contributed by atoms with Crippen LogP contribution < -0.4 is 5.32 Å². The highest BCUT2D eigenvalue weighted by Gasteiger charge is 2.29. The number of carbonyl (C=O) groups is 2. The van der Waals surface area contributed by atoms with Crippen LogP contribution in [0.1, 0.15) is 42.2 Å². The second-order valence-electron chi connectivity index (χ2n) is 5.63. The Bertz CT molecular complexity index is 640. The van der Waals surface area contributed by atoms with E-state index >= 15 is 0 Å². The van der Waals surface area contributed by atoms with E-state index < -0.39 is 0 Å². The van der Waals surface area contributed by atoms with Gasteiger partial charge >= 0.3 is 0 Å². The smallest absolute Gasteiger partial charge is 0.228 e. The number of amides is 2. The molecule has 2 heterocycles. The fraction of sp³-hybridized carbons (Fsp3) is 0.533. The molecule has 0 radical (unpaired) electrons. The maximum Gasteiger partial charge on any atom is 0.228 e. The van der Waals surface area contributed by atoms with Gasteiger partial charge in [0.1, 0.15) is 11.1 Å². The van der Waals surface area contributed by atoms with Gasteiger partial charge in [0.25, 0.3) is 0 Å². The first-order valence-electron chi connectivity index (χ1n) is 7.21. The van der Waals surface area contributed by atoms with Gasteiger partial charge in [0, 0.05) is 24.3 Å². The van der Waals surface area contributed by atoms with Gasteiger partial charge in [-0.05, 0) is 24.8 Å². The van der Waals surface area contributed by atoms with Crippen molar-refractivity contribution in [2.75, 3.05) is 11.9 Å². The maximum absolute atomic E-state index is 12.1. The minimum Gasteiger partial charge on any atom is -0.337 e. The summed E-state index contributed by atoms with van der Waals surface area (Å²) in [5.74, 6) is 0.178. The zero-order valence-corrected chi connectivity index (χ0v) is 12.8. The summed E-state index contributed by atoms with van der Waals surface area (Å²) in [6.07, 6.45) is 3.68. The molecule has 5 nitrogen and oxygen atoms in total. The van der Waals surface area contributed by atoms with E-state index in [1.807, 2.05) is 0 Å². The first kappa shape index (κ1) is 14.1. The van der Waals surface area contributed by atoms with Gasteiger partial charge in [-0.2, -0.15) is 5.26 Å². The summed E-state index contributed by atoms with van der Waals surface area (Å²) in [5, 5.41) is 13.0. The number of rotatable bonds is 2. The van der Waals surface area contributed by atoms with Crippen molar-refractivity contribution in [2.45, 2.75) is 39.2 Å². The van der Waals surface area contributed by atoms with Crippen molar-refractivity contribution in [1.29, 1.82) is 5.26 Å². The molecular formula is C15H17N3O2S. The Kier molecular flexibility index (Phi) is 3.68. The summed E-state index contributed by atoms with van der Waals surface area (Å²) in [7, 11) is 0. The minimum atomic E-state index is 0.0276. The summed E-state index contributed by atoms with van der Waals surface area (Å²) >= 11 is 1.44. The average Bonchev–Trinajstić information content (AvgIpc) is 2.72.